The van der Waals surface area contributed by atoms with Crippen LogP contribution in [0.2, 0.25) is 0 Å². The molecule has 1 aliphatic carbocycles. The summed E-state index contributed by atoms with van der Waals surface area (Å²) in [5.41, 5.74) is 0. The summed E-state index contributed by atoms with van der Waals surface area (Å²) in [6, 6.07) is 0. The van der Waals surface area contributed by atoms with E-state index in [1.54, 1.807) is 0 Å². The molecule has 1 atom stereocenters. The van der Waals surface area contributed by atoms with Crippen LogP contribution in [0.15, 0.2) is 13.2 Å². The van der Waals surface area contributed by atoms with Crippen LogP contribution in [0.25, 0.3) is 0 Å². The van der Waals surface area contributed by atoms with Gasteiger partial charge in [0, 0.05) is 12.8 Å². The van der Waals surface area contributed by atoms with E-state index in [0.29, 0.717) is 11.7 Å². The smallest absolute Gasteiger partial charge is 0.133 e. The number of rotatable bonds is 0. The van der Waals surface area contributed by atoms with Crippen LogP contribution in [0.5, 0.6) is 0 Å². The average Bonchev–Trinajstić information content (AvgIpc) is 2.20. The molecule has 0 aromatic rings. The first kappa shape index (κ1) is 8.41. The lowest BCUT2D eigenvalue weighted by molar-refractivity contribution is -0.117. The third-order valence-corrected chi connectivity index (χ3v) is 1.49. The van der Waals surface area contributed by atoms with Crippen LogP contribution in [0, 0.1) is 5.92 Å². The molecular weight excluding hydrogens is 112 g/mol. The van der Waals surface area contributed by atoms with E-state index in [2.05, 4.69) is 20.1 Å². The molecule has 1 nitrogen and oxygen atoms in total. The van der Waals surface area contributed by atoms with Gasteiger partial charge in [0.25, 0.3) is 0 Å². The lowest BCUT2D eigenvalue weighted by Gasteiger charge is -1.90. The topological polar surface area (TPSA) is 17.1 Å². The van der Waals surface area contributed by atoms with Gasteiger partial charge >= 0.3 is 0 Å². The standard InChI is InChI=1S/C6H10O.C2H4/c1-5-2-3-6(7)4-5;1-2/h5H,2-4H2,1H3;1-2H2/t5-;/m1./s1. The van der Waals surface area contributed by atoms with E-state index in [1.807, 2.05) is 0 Å². The number of Topliss-reactive ketones (excluding diaryl/α,β-unsaturated/α-hetero) is 1. The lowest BCUT2D eigenvalue weighted by atomic mass is 10.1. The Kier molecular flexibility index (Phi) is 4.02. The van der Waals surface area contributed by atoms with Gasteiger partial charge in [0.15, 0.2) is 0 Å². The molecule has 0 radical (unpaired) electrons. The fourth-order valence-corrected chi connectivity index (χ4v) is 1.00. The Hall–Kier alpha value is -0.590. The van der Waals surface area contributed by atoms with Gasteiger partial charge < -0.3 is 0 Å². The van der Waals surface area contributed by atoms with Gasteiger partial charge in [-0.15, -0.1) is 13.2 Å². The van der Waals surface area contributed by atoms with E-state index in [4.69, 9.17) is 0 Å². The minimum Gasteiger partial charge on any atom is -0.300 e. The van der Waals surface area contributed by atoms with E-state index < -0.39 is 0 Å². The van der Waals surface area contributed by atoms with Gasteiger partial charge in [-0.2, -0.15) is 0 Å². The summed E-state index contributed by atoms with van der Waals surface area (Å²) in [6.07, 6.45) is 2.79. The van der Waals surface area contributed by atoms with E-state index in [-0.39, 0.29) is 0 Å². The summed E-state index contributed by atoms with van der Waals surface area (Å²) < 4.78 is 0. The minimum absolute atomic E-state index is 0.451. The average molecular weight is 126 g/mol. The lowest BCUT2D eigenvalue weighted by Crippen LogP contribution is -1.86. The van der Waals surface area contributed by atoms with Crippen molar-refractivity contribution in [1.29, 1.82) is 0 Å². The molecule has 0 heterocycles. The number of hydrogen-bond acceptors (Lipinski definition) is 1. The Morgan fingerprint density at radius 3 is 2.22 bits per heavy atom. The molecule has 0 spiro atoms. The second kappa shape index (κ2) is 4.30. The quantitative estimate of drug-likeness (QED) is 0.455. The highest BCUT2D eigenvalue weighted by Crippen LogP contribution is 2.19. The molecule has 0 amide bonds. The Bertz CT molecular complexity index is 96.7. The SMILES string of the molecule is C=C.C[C@@H]1CCC(=O)C1. The molecule has 1 fully saturated rings. The maximum Gasteiger partial charge on any atom is 0.133 e. The maximum absolute atomic E-state index is 10.5. The van der Waals surface area contributed by atoms with Crippen LogP contribution in [0.1, 0.15) is 26.2 Å². The molecule has 0 aromatic heterocycles. The maximum atomic E-state index is 10.5. The Morgan fingerprint density at radius 2 is 2.11 bits per heavy atom. The molecular formula is C8H14O. The second-order valence-electron chi connectivity index (χ2n) is 2.39. The zero-order chi connectivity index (χ0) is 7.28. The zero-order valence-corrected chi connectivity index (χ0v) is 6.02. The van der Waals surface area contributed by atoms with Crippen molar-refractivity contribution < 1.29 is 4.79 Å². The number of carbonyl (C=O) groups excluding carboxylic acids is 1. The van der Waals surface area contributed by atoms with E-state index in [9.17, 15) is 4.79 Å². The molecule has 0 N–H and O–H groups in total. The van der Waals surface area contributed by atoms with Gasteiger partial charge in [0.2, 0.25) is 0 Å². The Morgan fingerprint density at radius 1 is 1.56 bits per heavy atom. The number of hydrogen-bond donors (Lipinski definition) is 0. The van der Waals surface area contributed by atoms with Crippen LogP contribution in [0.4, 0.5) is 0 Å². The molecule has 1 aliphatic rings. The highest BCUT2D eigenvalue weighted by Gasteiger charge is 2.16. The number of ketones is 1. The summed E-state index contributed by atoms with van der Waals surface area (Å²) in [4.78, 5) is 10.5. The van der Waals surface area contributed by atoms with Crippen LogP contribution in [-0.2, 0) is 4.79 Å². The normalized spacial score (nSPS) is 25.0. The first-order valence-corrected chi connectivity index (χ1v) is 3.31. The first-order valence-electron chi connectivity index (χ1n) is 3.31. The fraction of sp³-hybridized carbons (Fsp3) is 0.625. The molecule has 52 valence electrons. The van der Waals surface area contributed by atoms with Crippen LogP contribution < -0.4 is 0 Å². The third kappa shape index (κ3) is 3.07. The second-order valence-corrected chi connectivity index (χ2v) is 2.39. The summed E-state index contributed by atoms with van der Waals surface area (Å²) in [6.45, 7) is 8.13. The molecule has 1 saturated carbocycles. The summed E-state index contributed by atoms with van der Waals surface area (Å²) in [5.74, 6) is 1.12. The summed E-state index contributed by atoms with van der Waals surface area (Å²) in [5, 5.41) is 0. The van der Waals surface area contributed by atoms with Crippen molar-refractivity contribution in [1.82, 2.24) is 0 Å². The van der Waals surface area contributed by atoms with Gasteiger partial charge in [-0.3, -0.25) is 4.79 Å². The fourth-order valence-electron chi connectivity index (χ4n) is 1.00. The monoisotopic (exact) mass is 126 g/mol. The molecule has 0 aromatic carbocycles. The zero-order valence-electron chi connectivity index (χ0n) is 6.02. The summed E-state index contributed by atoms with van der Waals surface area (Å²) in [7, 11) is 0. The highest BCUT2D eigenvalue weighted by atomic mass is 16.1. The van der Waals surface area contributed by atoms with Crippen LogP contribution in [0.3, 0.4) is 0 Å². The summed E-state index contributed by atoms with van der Waals surface area (Å²) >= 11 is 0. The molecule has 1 heteroatoms. The van der Waals surface area contributed by atoms with Crippen LogP contribution >= 0.6 is 0 Å². The van der Waals surface area contributed by atoms with Crippen molar-refractivity contribution in [3.63, 3.8) is 0 Å². The minimum atomic E-state index is 0.451. The number of carbonyl (C=O) groups is 1. The van der Waals surface area contributed by atoms with E-state index >= 15 is 0 Å². The Balaban J connectivity index is 0.000000291. The van der Waals surface area contributed by atoms with Gasteiger partial charge in [-0.1, -0.05) is 6.92 Å². The molecule has 0 bridgehead atoms. The van der Waals surface area contributed by atoms with Crippen molar-refractivity contribution in [2.75, 3.05) is 0 Å². The van der Waals surface area contributed by atoms with Gasteiger partial charge in [0.1, 0.15) is 5.78 Å². The third-order valence-electron chi connectivity index (χ3n) is 1.49. The molecule has 0 aliphatic heterocycles. The molecule has 1 rings (SSSR count). The van der Waals surface area contributed by atoms with Crippen molar-refractivity contribution >= 4 is 5.78 Å². The van der Waals surface area contributed by atoms with Crippen molar-refractivity contribution in [2.24, 2.45) is 5.92 Å². The molecule has 0 unspecified atom stereocenters. The largest absolute Gasteiger partial charge is 0.300 e. The van der Waals surface area contributed by atoms with Gasteiger partial charge in [0.05, 0.1) is 0 Å². The van der Waals surface area contributed by atoms with Crippen molar-refractivity contribution in [2.45, 2.75) is 26.2 Å². The first-order chi connectivity index (χ1) is 4.29. The van der Waals surface area contributed by atoms with Crippen LogP contribution in [-0.4, -0.2) is 5.78 Å². The van der Waals surface area contributed by atoms with E-state index in [1.165, 1.54) is 0 Å². The highest BCUT2D eigenvalue weighted by molar-refractivity contribution is 5.80. The predicted octanol–water partition coefficient (Wildman–Crippen LogP) is 2.18. The van der Waals surface area contributed by atoms with Crippen molar-refractivity contribution in [3.8, 4) is 0 Å². The van der Waals surface area contributed by atoms with Gasteiger partial charge in [-0.05, 0) is 12.3 Å². The van der Waals surface area contributed by atoms with E-state index in [0.717, 1.165) is 19.3 Å². The predicted molar refractivity (Wildman–Crippen MR) is 39.3 cm³/mol. The Labute approximate surface area is 56.8 Å². The molecule has 0 saturated heterocycles. The van der Waals surface area contributed by atoms with Gasteiger partial charge in [-0.25, -0.2) is 0 Å². The molecule has 9 heavy (non-hydrogen) atoms. The van der Waals surface area contributed by atoms with Crippen molar-refractivity contribution in [3.05, 3.63) is 13.2 Å².